The van der Waals surface area contributed by atoms with Crippen molar-refractivity contribution in [2.45, 2.75) is 64.4 Å². The van der Waals surface area contributed by atoms with Crippen LogP contribution in [0.15, 0.2) is 11.6 Å². The van der Waals surface area contributed by atoms with E-state index in [1.54, 1.807) is 13.0 Å². The Bertz CT molecular complexity index is 952. The first-order valence-electron chi connectivity index (χ1n) is 10.4. The van der Waals surface area contributed by atoms with Crippen LogP contribution in [0.25, 0.3) is 0 Å². The van der Waals surface area contributed by atoms with E-state index in [-0.39, 0.29) is 47.6 Å². The Morgan fingerprint density at radius 3 is 2.60 bits per heavy atom. The van der Waals surface area contributed by atoms with Crippen LogP contribution in [-0.2, 0) is 29.0 Å². The molecular formula is C21H27O8S-. The van der Waals surface area contributed by atoms with Crippen molar-refractivity contribution in [3.05, 3.63) is 11.6 Å². The molecule has 3 fully saturated rings. The van der Waals surface area contributed by atoms with Crippen LogP contribution in [0.2, 0.25) is 0 Å². The summed E-state index contributed by atoms with van der Waals surface area (Å²) in [4.78, 5) is 38.1. The molecule has 4 rings (SSSR count). The van der Waals surface area contributed by atoms with E-state index in [1.165, 1.54) is 0 Å². The molecule has 1 N–H and O–H groups in total. The molecule has 0 amide bonds. The Hall–Kier alpha value is -1.42. The Morgan fingerprint density at radius 1 is 1.23 bits per heavy atom. The van der Waals surface area contributed by atoms with Crippen LogP contribution in [0.1, 0.15) is 58.8 Å². The molecule has 0 aliphatic heterocycles. The van der Waals surface area contributed by atoms with Gasteiger partial charge in [-0.1, -0.05) is 19.4 Å². The lowest BCUT2D eigenvalue weighted by atomic mass is 9.46. The topological polar surface area (TPSA) is 138 Å². The summed E-state index contributed by atoms with van der Waals surface area (Å²) in [5, 5.41) is 11.3. The molecule has 30 heavy (non-hydrogen) atoms. The van der Waals surface area contributed by atoms with E-state index in [2.05, 4.69) is 11.1 Å². The number of allylic oxidation sites excluding steroid dienone is 1. The van der Waals surface area contributed by atoms with Crippen molar-refractivity contribution in [2.24, 2.45) is 28.6 Å². The first kappa shape index (κ1) is 21.8. The molecule has 0 unspecified atom stereocenters. The van der Waals surface area contributed by atoms with Crippen molar-refractivity contribution in [3.63, 3.8) is 0 Å². The maximum Gasteiger partial charge on any atom is 0.218 e. The summed E-state index contributed by atoms with van der Waals surface area (Å²) < 4.78 is 36.4. The van der Waals surface area contributed by atoms with Gasteiger partial charge in [0.25, 0.3) is 0 Å². The molecule has 0 heterocycles. The average molecular weight is 440 g/mol. The molecule has 0 aromatic carbocycles. The lowest BCUT2D eigenvalue weighted by Gasteiger charge is -2.57. The quantitative estimate of drug-likeness (QED) is 0.513. The van der Waals surface area contributed by atoms with Gasteiger partial charge in [-0.2, -0.15) is 0 Å². The Balaban J connectivity index is 1.66. The Labute approximate surface area is 176 Å². The van der Waals surface area contributed by atoms with Crippen LogP contribution < -0.4 is 0 Å². The zero-order valence-corrected chi connectivity index (χ0v) is 18.0. The number of Topliss-reactive ketones (excluding diaryl/α,β-unsaturated/α-hetero) is 2. The van der Waals surface area contributed by atoms with Crippen LogP contribution in [0.3, 0.4) is 0 Å². The normalized spacial score (nSPS) is 43.5. The second-order valence-corrected chi connectivity index (χ2v) is 10.9. The highest BCUT2D eigenvalue weighted by atomic mass is 32.3. The summed E-state index contributed by atoms with van der Waals surface area (Å²) in [5.74, 6) is -1.15. The van der Waals surface area contributed by atoms with Crippen molar-refractivity contribution in [1.29, 1.82) is 0 Å². The van der Waals surface area contributed by atoms with Crippen molar-refractivity contribution < 1.29 is 36.6 Å². The van der Waals surface area contributed by atoms with Gasteiger partial charge in [-0.3, -0.25) is 18.6 Å². The van der Waals surface area contributed by atoms with Gasteiger partial charge < -0.3 is 9.66 Å². The number of aliphatic hydroxyl groups is 1. The van der Waals surface area contributed by atoms with Crippen LogP contribution >= 0.6 is 0 Å². The fourth-order valence-electron chi connectivity index (χ4n) is 7.09. The molecule has 0 radical (unpaired) electrons. The monoisotopic (exact) mass is 439 g/mol. The fraction of sp³-hybridized carbons (Fsp3) is 0.762. The number of ketones is 3. The second kappa shape index (κ2) is 6.79. The summed E-state index contributed by atoms with van der Waals surface area (Å²) in [7, 11) is -5.06. The third kappa shape index (κ3) is 3.04. The first-order valence-corrected chi connectivity index (χ1v) is 11.8. The molecule has 6 atom stereocenters. The van der Waals surface area contributed by atoms with Gasteiger partial charge in [-0.25, -0.2) is 8.42 Å². The van der Waals surface area contributed by atoms with Crippen molar-refractivity contribution >= 4 is 27.7 Å². The van der Waals surface area contributed by atoms with Crippen LogP contribution in [0.5, 0.6) is 0 Å². The van der Waals surface area contributed by atoms with Gasteiger partial charge in [0.1, 0.15) is 18.0 Å². The highest BCUT2D eigenvalue weighted by molar-refractivity contribution is 7.80. The molecule has 0 aromatic heterocycles. The lowest BCUT2D eigenvalue weighted by Crippen LogP contribution is -2.61. The van der Waals surface area contributed by atoms with Gasteiger partial charge in [0.2, 0.25) is 10.4 Å². The van der Waals surface area contributed by atoms with Gasteiger partial charge in [0.05, 0.1) is 0 Å². The van der Waals surface area contributed by atoms with E-state index < -0.39 is 33.8 Å². The number of carbonyl (C=O) groups is 3. The predicted octanol–water partition coefficient (Wildman–Crippen LogP) is 1.47. The zero-order chi connectivity index (χ0) is 22.1. The number of fused-ring (bicyclic) bond motifs is 5. The minimum atomic E-state index is -5.06. The number of hydrogen-bond acceptors (Lipinski definition) is 8. The molecule has 0 spiro atoms. The molecule has 0 aromatic rings. The van der Waals surface area contributed by atoms with E-state index in [4.69, 9.17) is 0 Å². The number of carbonyl (C=O) groups excluding carboxylic acids is 3. The van der Waals surface area contributed by atoms with Crippen molar-refractivity contribution in [3.8, 4) is 0 Å². The van der Waals surface area contributed by atoms with Gasteiger partial charge >= 0.3 is 0 Å². The van der Waals surface area contributed by atoms with Crippen LogP contribution in [0.4, 0.5) is 0 Å². The molecular weight excluding hydrogens is 412 g/mol. The highest BCUT2D eigenvalue weighted by Crippen LogP contribution is 2.66. The van der Waals surface area contributed by atoms with Gasteiger partial charge in [0.15, 0.2) is 11.6 Å². The Kier molecular flexibility index (Phi) is 4.93. The van der Waals surface area contributed by atoms with E-state index >= 15 is 0 Å². The van der Waals surface area contributed by atoms with Crippen LogP contribution in [0, 0.1) is 28.6 Å². The molecule has 0 bridgehead atoms. The SMILES string of the molecule is C[C@]12CCC(=O)C=C1CC[C@@H]1[C@@H]2C(=O)C[C@@]2(C)[C@H]1CC[C@]2(O)C(=O)COS(=O)(=O)[O-]. The lowest BCUT2D eigenvalue weighted by molar-refractivity contribution is -0.170. The summed E-state index contributed by atoms with van der Waals surface area (Å²) in [6, 6.07) is 0. The standard InChI is InChI=1S/C21H28O8S/c1-19-7-5-13(22)9-12(19)3-4-14-15-6-8-21(25,17(24)11-29-30(26,27)28)20(15,2)10-16(23)18(14)19/h9,14-15,18,25H,3-8,10-11H2,1-2H3,(H,26,27,28)/p-1/t14-,15-,18+,19-,20-,21-/m0/s1. The largest absolute Gasteiger partial charge is 0.726 e. The minimum absolute atomic E-state index is 0.00200. The van der Waals surface area contributed by atoms with E-state index in [0.717, 1.165) is 5.57 Å². The third-order valence-corrected chi connectivity index (χ3v) is 9.01. The highest BCUT2D eigenvalue weighted by Gasteiger charge is 2.68. The Morgan fingerprint density at radius 2 is 1.93 bits per heavy atom. The summed E-state index contributed by atoms with van der Waals surface area (Å²) >= 11 is 0. The smallest absolute Gasteiger partial charge is 0.218 e. The molecule has 8 nitrogen and oxygen atoms in total. The minimum Gasteiger partial charge on any atom is -0.726 e. The second-order valence-electron chi connectivity index (χ2n) is 9.89. The molecule has 0 saturated heterocycles. The number of rotatable bonds is 4. The molecule has 4 aliphatic carbocycles. The zero-order valence-electron chi connectivity index (χ0n) is 17.2. The van der Waals surface area contributed by atoms with E-state index in [1.807, 2.05) is 0 Å². The molecule has 4 aliphatic rings. The summed E-state index contributed by atoms with van der Waals surface area (Å²) in [6.45, 7) is 2.75. The molecule has 9 heteroatoms. The van der Waals surface area contributed by atoms with Crippen molar-refractivity contribution in [1.82, 2.24) is 0 Å². The van der Waals surface area contributed by atoms with E-state index in [0.29, 0.717) is 32.1 Å². The maximum atomic E-state index is 13.4. The van der Waals surface area contributed by atoms with Crippen molar-refractivity contribution in [2.75, 3.05) is 6.61 Å². The molecule has 3 saturated carbocycles. The molecule has 166 valence electrons. The van der Waals surface area contributed by atoms with Gasteiger partial charge in [-0.15, -0.1) is 0 Å². The fourth-order valence-corrected chi connectivity index (χ4v) is 7.34. The van der Waals surface area contributed by atoms with Gasteiger partial charge in [0, 0.05) is 24.2 Å². The summed E-state index contributed by atoms with van der Waals surface area (Å²) in [6.07, 6.45) is 4.82. The third-order valence-electron chi connectivity index (χ3n) is 8.60. The summed E-state index contributed by atoms with van der Waals surface area (Å²) in [5.41, 5.74) is -2.29. The maximum absolute atomic E-state index is 13.4. The first-order chi connectivity index (χ1) is 13.8. The van der Waals surface area contributed by atoms with Crippen LogP contribution in [-0.4, -0.2) is 47.6 Å². The predicted molar refractivity (Wildman–Crippen MR) is 103 cm³/mol. The van der Waals surface area contributed by atoms with Gasteiger partial charge in [-0.05, 0) is 55.4 Å². The average Bonchev–Trinajstić information content (AvgIpc) is 2.91. The number of hydrogen-bond donors (Lipinski definition) is 1. The van der Waals surface area contributed by atoms with E-state index in [9.17, 15) is 32.5 Å².